The van der Waals surface area contributed by atoms with E-state index in [4.69, 9.17) is 11.6 Å². The molecule has 1 aromatic rings. The number of alkyl halides is 1. The lowest BCUT2D eigenvalue weighted by atomic mass is 10.1. The molecule has 1 aromatic carbocycles. The van der Waals surface area contributed by atoms with Gasteiger partial charge in [0.1, 0.15) is 0 Å². The average molecular weight is 253 g/mol. The van der Waals surface area contributed by atoms with Crippen molar-refractivity contribution in [1.82, 2.24) is 9.80 Å². The molecule has 0 spiro atoms. The summed E-state index contributed by atoms with van der Waals surface area (Å²) in [5.74, 6) is 0.726. The van der Waals surface area contributed by atoms with Crippen molar-refractivity contribution in [2.45, 2.75) is 19.5 Å². The van der Waals surface area contributed by atoms with Crippen molar-refractivity contribution in [3.8, 4) is 0 Å². The predicted molar refractivity (Wildman–Crippen MR) is 73.5 cm³/mol. The van der Waals surface area contributed by atoms with Crippen LogP contribution in [0, 0.1) is 0 Å². The molecule has 0 aromatic heterocycles. The highest BCUT2D eigenvalue weighted by Crippen LogP contribution is 2.15. The van der Waals surface area contributed by atoms with Gasteiger partial charge in [-0.25, -0.2) is 0 Å². The Bertz CT molecular complexity index is 328. The molecule has 17 heavy (non-hydrogen) atoms. The van der Waals surface area contributed by atoms with Crippen molar-refractivity contribution < 1.29 is 0 Å². The molecule has 94 valence electrons. The van der Waals surface area contributed by atoms with Crippen LogP contribution in [0.1, 0.15) is 12.5 Å². The van der Waals surface area contributed by atoms with Crippen LogP contribution in [0.3, 0.4) is 0 Å². The van der Waals surface area contributed by atoms with Gasteiger partial charge in [0.2, 0.25) is 0 Å². The summed E-state index contributed by atoms with van der Waals surface area (Å²) >= 11 is 6.10. The molecular weight excluding hydrogens is 232 g/mol. The molecule has 1 aliphatic rings. The summed E-state index contributed by atoms with van der Waals surface area (Å²) in [6.07, 6.45) is 0. The van der Waals surface area contributed by atoms with E-state index in [1.54, 1.807) is 0 Å². The number of rotatable bonds is 4. The van der Waals surface area contributed by atoms with E-state index in [0.717, 1.165) is 38.6 Å². The van der Waals surface area contributed by atoms with E-state index >= 15 is 0 Å². The summed E-state index contributed by atoms with van der Waals surface area (Å²) in [7, 11) is 0. The van der Waals surface area contributed by atoms with Gasteiger partial charge < -0.3 is 4.90 Å². The first-order valence-electron chi connectivity index (χ1n) is 6.39. The Hall–Kier alpha value is -0.570. The standard InChI is InChI=1S/C14H21ClN2/c1-2-16-8-9-17(14(10-15)12-16)11-13-6-4-3-5-7-13/h3-7,14H,2,8-12H2,1H3. The van der Waals surface area contributed by atoms with Crippen molar-refractivity contribution in [2.75, 3.05) is 32.1 Å². The summed E-state index contributed by atoms with van der Waals surface area (Å²) in [4.78, 5) is 4.99. The van der Waals surface area contributed by atoms with Crippen molar-refractivity contribution in [3.63, 3.8) is 0 Å². The van der Waals surface area contributed by atoms with Crippen molar-refractivity contribution >= 4 is 11.6 Å². The molecule has 1 heterocycles. The zero-order valence-electron chi connectivity index (χ0n) is 10.5. The van der Waals surface area contributed by atoms with Crippen LogP contribution in [0.5, 0.6) is 0 Å². The molecule has 0 radical (unpaired) electrons. The first-order chi connectivity index (χ1) is 8.33. The van der Waals surface area contributed by atoms with Crippen LogP contribution < -0.4 is 0 Å². The fourth-order valence-corrected chi connectivity index (χ4v) is 2.71. The molecule has 1 unspecified atom stereocenters. The van der Waals surface area contributed by atoms with Gasteiger partial charge in [-0.05, 0) is 12.1 Å². The minimum Gasteiger partial charge on any atom is -0.301 e. The van der Waals surface area contributed by atoms with Gasteiger partial charge in [-0.2, -0.15) is 0 Å². The number of hydrogen-bond acceptors (Lipinski definition) is 2. The second-order valence-electron chi connectivity index (χ2n) is 4.66. The number of piperazine rings is 1. The predicted octanol–water partition coefficient (Wildman–Crippen LogP) is 2.43. The lowest BCUT2D eigenvalue weighted by Crippen LogP contribution is -2.53. The van der Waals surface area contributed by atoms with E-state index in [0.29, 0.717) is 6.04 Å². The second kappa shape index (κ2) is 6.39. The molecule has 2 rings (SSSR count). The van der Waals surface area contributed by atoms with Crippen LogP contribution >= 0.6 is 11.6 Å². The van der Waals surface area contributed by atoms with E-state index in [9.17, 15) is 0 Å². The highest BCUT2D eigenvalue weighted by Gasteiger charge is 2.25. The van der Waals surface area contributed by atoms with Gasteiger partial charge in [0.25, 0.3) is 0 Å². The fourth-order valence-electron chi connectivity index (χ4n) is 2.42. The summed E-state index contributed by atoms with van der Waals surface area (Å²) in [6.45, 7) is 7.77. The first kappa shape index (κ1) is 12.9. The Kier molecular flexibility index (Phi) is 4.84. The third kappa shape index (κ3) is 3.44. The van der Waals surface area contributed by atoms with Crippen LogP contribution in [-0.4, -0.2) is 47.9 Å². The number of halogens is 1. The molecule has 0 saturated carbocycles. The van der Waals surface area contributed by atoms with E-state index in [1.165, 1.54) is 5.56 Å². The SMILES string of the molecule is CCN1CCN(Cc2ccccc2)C(CCl)C1. The number of benzene rings is 1. The minimum atomic E-state index is 0.491. The third-order valence-corrected chi connectivity index (χ3v) is 3.90. The monoisotopic (exact) mass is 252 g/mol. The van der Waals surface area contributed by atoms with E-state index in [-0.39, 0.29) is 0 Å². The molecule has 3 heteroatoms. The van der Waals surface area contributed by atoms with E-state index in [1.807, 2.05) is 0 Å². The van der Waals surface area contributed by atoms with Crippen LogP contribution in [0.25, 0.3) is 0 Å². The van der Waals surface area contributed by atoms with Gasteiger partial charge >= 0.3 is 0 Å². The summed E-state index contributed by atoms with van der Waals surface area (Å²) in [5.41, 5.74) is 1.38. The Morgan fingerprint density at radius 3 is 2.65 bits per heavy atom. The van der Waals surface area contributed by atoms with Crippen LogP contribution in [0.2, 0.25) is 0 Å². The molecule has 0 aliphatic carbocycles. The summed E-state index contributed by atoms with van der Waals surface area (Å²) < 4.78 is 0. The highest BCUT2D eigenvalue weighted by atomic mass is 35.5. The largest absolute Gasteiger partial charge is 0.301 e. The van der Waals surface area contributed by atoms with Gasteiger partial charge in [0.15, 0.2) is 0 Å². The molecule has 1 aliphatic heterocycles. The van der Waals surface area contributed by atoms with Gasteiger partial charge in [-0.15, -0.1) is 11.6 Å². The van der Waals surface area contributed by atoms with Gasteiger partial charge in [-0.1, -0.05) is 37.3 Å². The molecule has 1 fully saturated rings. The number of hydrogen-bond donors (Lipinski definition) is 0. The maximum Gasteiger partial charge on any atom is 0.0392 e. The normalized spacial score (nSPS) is 22.8. The smallest absolute Gasteiger partial charge is 0.0392 e. The topological polar surface area (TPSA) is 6.48 Å². The van der Waals surface area contributed by atoms with E-state index < -0.39 is 0 Å². The molecule has 1 atom stereocenters. The lowest BCUT2D eigenvalue weighted by molar-refractivity contribution is 0.0829. The summed E-state index contributed by atoms with van der Waals surface area (Å²) in [5, 5.41) is 0. The maximum absolute atomic E-state index is 6.10. The van der Waals surface area contributed by atoms with Gasteiger partial charge in [-0.3, -0.25) is 4.90 Å². The van der Waals surface area contributed by atoms with Gasteiger partial charge in [0.05, 0.1) is 0 Å². The van der Waals surface area contributed by atoms with Crippen LogP contribution in [0.4, 0.5) is 0 Å². The van der Waals surface area contributed by atoms with E-state index in [2.05, 4.69) is 47.1 Å². The molecular formula is C14H21ClN2. The van der Waals surface area contributed by atoms with Crippen molar-refractivity contribution in [1.29, 1.82) is 0 Å². The lowest BCUT2D eigenvalue weighted by Gasteiger charge is -2.40. The summed E-state index contributed by atoms with van der Waals surface area (Å²) in [6, 6.07) is 11.2. The second-order valence-corrected chi connectivity index (χ2v) is 4.97. The first-order valence-corrected chi connectivity index (χ1v) is 6.93. The Morgan fingerprint density at radius 1 is 1.24 bits per heavy atom. The Labute approximate surface area is 109 Å². The Morgan fingerprint density at radius 2 is 2.00 bits per heavy atom. The maximum atomic E-state index is 6.10. The Balaban J connectivity index is 1.96. The van der Waals surface area contributed by atoms with Crippen LogP contribution in [0.15, 0.2) is 30.3 Å². The molecule has 0 N–H and O–H groups in total. The van der Waals surface area contributed by atoms with Crippen molar-refractivity contribution in [2.24, 2.45) is 0 Å². The molecule has 1 saturated heterocycles. The van der Waals surface area contributed by atoms with Crippen molar-refractivity contribution in [3.05, 3.63) is 35.9 Å². The molecule has 0 amide bonds. The molecule has 0 bridgehead atoms. The third-order valence-electron chi connectivity index (χ3n) is 3.54. The average Bonchev–Trinajstić information content (AvgIpc) is 2.40. The van der Waals surface area contributed by atoms with Gasteiger partial charge in [0, 0.05) is 38.1 Å². The number of likely N-dealkylation sites (N-methyl/N-ethyl adjacent to an activating group) is 1. The molecule has 2 nitrogen and oxygen atoms in total. The fraction of sp³-hybridized carbons (Fsp3) is 0.571. The highest BCUT2D eigenvalue weighted by molar-refractivity contribution is 6.18. The minimum absolute atomic E-state index is 0.491. The zero-order valence-corrected chi connectivity index (χ0v) is 11.2. The van der Waals surface area contributed by atoms with Crippen LogP contribution in [-0.2, 0) is 6.54 Å². The number of nitrogens with zero attached hydrogens (tertiary/aromatic N) is 2. The zero-order chi connectivity index (χ0) is 12.1. The quantitative estimate of drug-likeness (QED) is 0.760.